The molecule has 1 fully saturated rings. The number of aliphatic hydroxyl groups is 1. The summed E-state index contributed by atoms with van der Waals surface area (Å²) in [5.41, 5.74) is 4.28. The molecule has 0 unspecified atom stereocenters. The Hall–Kier alpha value is -2.76. The summed E-state index contributed by atoms with van der Waals surface area (Å²) < 4.78 is 0. The molecule has 1 aliphatic rings. The van der Waals surface area contributed by atoms with Gasteiger partial charge in [0.1, 0.15) is 0 Å². The highest BCUT2D eigenvalue weighted by atomic mass is 35.5. The molecule has 2 aromatic heterocycles. The number of halogens is 1. The molecule has 1 aromatic carbocycles. The van der Waals surface area contributed by atoms with Crippen molar-refractivity contribution in [2.45, 2.75) is 18.9 Å². The molecule has 1 N–H and O–H groups in total. The van der Waals surface area contributed by atoms with E-state index in [0.717, 1.165) is 22.3 Å². The lowest BCUT2D eigenvalue weighted by molar-refractivity contribution is 0.0546. The zero-order valence-corrected chi connectivity index (χ0v) is 16.0. The maximum absolute atomic E-state index is 12.7. The SMILES string of the molecule is O=C(c1ccc(-c2cncc(-c3ccncc3)c2)c(Cl)c1)N1CCC(O)CC1. The van der Waals surface area contributed by atoms with Crippen LogP contribution in [0.25, 0.3) is 22.3 Å². The van der Waals surface area contributed by atoms with Gasteiger partial charge in [-0.3, -0.25) is 14.8 Å². The number of aromatic nitrogens is 2. The van der Waals surface area contributed by atoms with Crippen LogP contribution in [0.5, 0.6) is 0 Å². The minimum Gasteiger partial charge on any atom is -0.393 e. The number of hydrogen-bond acceptors (Lipinski definition) is 4. The standard InChI is InChI=1S/C22H20ClN3O2/c23-21-12-16(22(28)26-9-5-19(27)6-10-26)1-2-20(21)18-11-17(13-25-14-18)15-3-7-24-8-4-15/h1-4,7-8,11-14,19,27H,5-6,9-10H2. The Kier molecular flexibility index (Phi) is 5.37. The Morgan fingerprint density at radius 2 is 1.68 bits per heavy atom. The number of nitrogens with zero attached hydrogens (tertiary/aromatic N) is 3. The maximum Gasteiger partial charge on any atom is 0.253 e. The van der Waals surface area contributed by atoms with Gasteiger partial charge < -0.3 is 10.0 Å². The fourth-order valence-corrected chi connectivity index (χ4v) is 3.71. The van der Waals surface area contributed by atoms with E-state index in [1.807, 2.05) is 24.3 Å². The molecule has 1 aliphatic heterocycles. The first-order chi connectivity index (χ1) is 13.6. The summed E-state index contributed by atoms with van der Waals surface area (Å²) >= 11 is 6.52. The van der Waals surface area contributed by atoms with Gasteiger partial charge in [-0.1, -0.05) is 17.7 Å². The number of amides is 1. The van der Waals surface area contributed by atoms with Gasteiger partial charge >= 0.3 is 0 Å². The first-order valence-electron chi connectivity index (χ1n) is 9.24. The Balaban J connectivity index is 1.59. The van der Waals surface area contributed by atoms with Crippen LogP contribution in [0, 0.1) is 0 Å². The minimum absolute atomic E-state index is 0.0518. The van der Waals surface area contributed by atoms with Crippen LogP contribution in [0.2, 0.25) is 5.02 Å². The molecule has 1 amide bonds. The van der Waals surface area contributed by atoms with Gasteiger partial charge in [-0.2, -0.15) is 0 Å². The topological polar surface area (TPSA) is 66.3 Å². The van der Waals surface area contributed by atoms with E-state index in [-0.39, 0.29) is 12.0 Å². The van der Waals surface area contributed by atoms with E-state index < -0.39 is 0 Å². The van der Waals surface area contributed by atoms with E-state index in [1.54, 1.807) is 41.8 Å². The first-order valence-corrected chi connectivity index (χ1v) is 9.62. The molecule has 4 rings (SSSR count). The fourth-order valence-electron chi connectivity index (χ4n) is 3.42. The maximum atomic E-state index is 12.7. The molecule has 0 aliphatic carbocycles. The number of rotatable bonds is 3. The molecular weight excluding hydrogens is 374 g/mol. The molecule has 6 heteroatoms. The molecule has 0 atom stereocenters. The van der Waals surface area contributed by atoms with Gasteiger partial charge in [-0.05, 0) is 48.7 Å². The monoisotopic (exact) mass is 393 g/mol. The van der Waals surface area contributed by atoms with Crippen LogP contribution >= 0.6 is 11.6 Å². The molecule has 0 bridgehead atoms. The van der Waals surface area contributed by atoms with E-state index >= 15 is 0 Å². The minimum atomic E-state index is -0.310. The van der Waals surface area contributed by atoms with Gasteiger partial charge in [0.2, 0.25) is 0 Å². The van der Waals surface area contributed by atoms with Crippen molar-refractivity contribution in [3.8, 4) is 22.3 Å². The normalized spacial score (nSPS) is 14.9. The molecule has 142 valence electrons. The van der Waals surface area contributed by atoms with Crippen molar-refractivity contribution in [1.82, 2.24) is 14.9 Å². The van der Waals surface area contributed by atoms with E-state index in [4.69, 9.17) is 11.6 Å². The number of aliphatic hydroxyl groups excluding tert-OH is 1. The van der Waals surface area contributed by atoms with Crippen molar-refractivity contribution >= 4 is 17.5 Å². The summed E-state index contributed by atoms with van der Waals surface area (Å²) in [6, 6.07) is 11.3. The van der Waals surface area contributed by atoms with E-state index in [1.165, 1.54) is 0 Å². The Labute approximate surface area is 168 Å². The van der Waals surface area contributed by atoms with Crippen LogP contribution in [0.1, 0.15) is 23.2 Å². The second kappa shape index (κ2) is 8.09. The lowest BCUT2D eigenvalue weighted by Gasteiger charge is -2.29. The van der Waals surface area contributed by atoms with Crippen LogP contribution < -0.4 is 0 Å². The third kappa shape index (κ3) is 3.91. The van der Waals surface area contributed by atoms with Crippen LogP contribution in [0.3, 0.4) is 0 Å². The zero-order chi connectivity index (χ0) is 19.5. The third-order valence-corrected chi connectivity index (χ3v) is 5.34. The van der Waals surface area contributed by atoms with Crippen LogP contribution in [0.4, 0.5) is 0 Å². The molecule has 3 heterocycles. The summed E-state index contributed by atoms with van der Waals surface area (Å²) in [4.78, 5) is 22.9. The van der Waals surface area contributed by atoms with Crippen molar-refractivity contribution in [3.05, 3.63) is 71.8 Å². The summed E-state index contributed by atoms with van der Waals surface area (Å²) in [5.74, 6) is -0.0518. The predicted octanol–water partition coefficient (Wildman–Crippen LogP) is 4.06. The first kappa shape index (κ1) is 18.6. The van der Waals surface area contributed by atoms with Crippen molar-refractivity contribution in [2.75, 3.05) is 13.1 Å². The summed E-state index contributed by atoms with van der Waals surface area (Å²) in [6.45, 7) is 1.13. The fraction of sp³-hybridized carbons (Fsp3) is 0.227. The molecular formula is C22H20ClN3O2. The Morgan fingerprint density at radius 1 is 0.964 bits per heavy atom. The highest BCUT2D eigenvalue weighted by Gasteiger charge is 2.22. The second-order valence-corrected chi connectivity index (χ2v) is 7.32. The highest BCUT2D eigenvalue weighted by molar-refractivity contribution is 6.33. The van der Waals surface area contributed by atoms with Crippen LogP contribution in [-0.2, 0) is 0 Å². The number of hydrogen-bond donors (Lipinski definition) is 1. The lowest BCUT2D eigenvalue weighted by Crippen LogP contribution is -2.40. The Morgan fingerprint density at radius 3 is 2.39 bits per heavy atom. The molecule has 28 heavy (non-hydrogen) atoms. The average Bonchev–Trinajstić information content (AvgIpc) is 2.74. The summed E-state index contributed by atoms with van der Waals surface area (Å²) in [5, 5.41) is 10.1. The quantitative estimate of drug-likeness (QED) is 0.728. The predicted molar refractivity (Wildman–Crippen MR) is 109 cm³/mol. The molecule has 5 nitrogen and oxygen atoms in total. The number of benzene rings is 1. The lowest BCUT2D eigenvalue weighted by atomic mass is 10.0. The second-order valence-electron chi connectivity index (χ2n) is 6.92. The number of carbonyl (C=O) groups is 1. The van der Waals surface area contributed by atoms with Crippen molar-refractivity contribution < 1.29 is 9.90 Å². The average molecular weight is 394 g/mol. The molecule has 0 radical (unpaired) electrons. The van der Waals surface area contributed by atoms with E-state index in [9.17, 15) is 9.90 Å². The highest BCUT2D eigenvalue weighted by Crippen LogP contribution is 2.31. The van der Waals surface area contributed by atoms with E-state index in [2.05, 4.69) is 9.97 Å². The smallest absolute Gasteiger partial charge is 0.253 e. The number of likely N-dealkylation sites (tertiary alicyclic amines) is 1. The largest absolute Gasteiger partial charge is 0.393 e. The van der Waals surface area contributed by atoms with Gasteiger partial charge in [0.25, 0.3) is 5.91 Å². The third-order valence-electron chi connectivity index (χ3n) is 5.03. The van der Waals surface area contributed by atoms with Gasteiger partial charge in [0, 0.05) is 65.2 Å². The van der Waals surface area contributed by atoms with Gasteiger partial charge in [-0.15, -0.1) is 0 Å². The van der Waals surface area contributed by atoms with Crippen LogP contribution in [0.15, 0.2) is 61.2 Å². The number of pyridine rings is 2. The molecule has 3 aromatic rings. The Bertz CT molecular complexity index is 986. The van der Waals surface area contributed by atoms with Gasteiger partial charge in [0.05, 0.1) is 6.10 Å². The molecule has 0 saturated carbocycles. The van der Waals surface area contributed by atoms with Gasteiger partial charge in [0.15, 0.2) is 0 Å². The van der Waals surface area contributed by atoms with Crippen molar-refractivity contribution in [3.63, 3.8) is 0 Å². The summed E-state index contributed by atoms with van der Waals surface area (Å²) in [6.07, 6.45) is 7.98. The van der Waals surface area contributed by atoms with Crippen molar-refractivity contribution in [1.29, 1.82) is 0 Å². The zero-order valence-electron chi connectivity index (χ0n) is 15.3. The number of piperidine rings is 1. The molecule has 1 saturated heterocycles. The van der Waals surface area contributed by atoms with Gasteiger partial charge in [-0.25, -0.2) is 0 Å². The molecule has 0 spiro atoms. The van der Waals surface area contributed by atoms with Crippen LogP contribution in [-0.4, -0.2) is 45.1 Å². The summed E-state index contributed by atoms with van der Waals surface area (Å²) in [7, 11) is 0. The number of carbonyl (C=O) groups excluding carboxylic acids is 1. The van der Waals surface area contributed by atoms with Crippen molar-refractivity contribution in [2.24, 2.45) is 0 Å². The van der Waals surface area contributed by atoms with E-state index in [0.29, 0.717) is 36.5 Å².